The fourth-order valence-corrected chi connectivity index (χ4v) is 4.54. The quantitative estimate of drug-likeness (QED) is 0.584. The van der Waals surface area contributed by atoms with E-state index in [1.165, 1.54) is 10.9 Å². The van der Waals surface area contributed by atoms with E-state index in [1.54, 1.807) is 30.0 Å². The van der Waals surface area contributed by atoms with Crippen LogP contribution in [-0.2, 0) is 11.3 Å². The number of rotatable bonds is 6. The topological polar surface area (TPSA) is 119 Å². The summed E-state index contributed by atoms with van der Waals surface area (Å²) in [4.78, 5) is 55.5. The largest absolute Gasteiger partial charge is 0.482 e. The van der Waals surface area contributed by atoms with Crippen molar-refractivity contribution >= 4 is 44.9 Å². The molecule has 10 heteroatoms. The van der Waals surface area contributed by atoms with Gasteiger partial charge in [-0.05, 0) is 37.1 Å². The molecular weight excluding hydrogens is 422 g/mol. The summed E-state index contributed by atoms with van der Waals surface area (Å²) in [5.74, 6) is -1.11. The number of ketones is 1. The zero-order valence-electron chi connectivity index (χ0n) is 16.9. The van der Waals surface area contributed by atoms with Crippen LogP contribution in [0.15, 0.2) is 29.3 Å². The highest BCUT2D eigenvalue weighted by Gasteiger charge is 2.26. The number of nitrogens with zero attached hydrogens (tertiary/aromatic N) is 3. The number of hydrogen-bond donors (Lipinski definition) is 1. The molecule has 1 aliphatic rings. The Morgan fingerprint density at radius 3 is 2.77 bits per heavy atom. The normalized spacial score (nSPS) is 13.2. The summed E-state index contributed by atoms with van der Waals surface area (Å²) < 4.78 is 6.62. The molecule has 31 heavy (non-hydrogen) atoms. The van der Waals surface area contributed by atoms with Gasteiger partial charge in [0.2, 0.25) is 0 Å². The summed E-state index contributed by atoms with van der Waals surface area (Å²) in [5.41, 5.74) is 0.734. The van der Waals surface area contributed by atoms with E-state index < -0.39 is 11.5 Å². The maximum absolute atomic E-state index is 12.9. The number of aromatic carboxylic acids is 1. The van der Waals surface area contributed by atoms with E-state index in [0.717, 1.165) is 17.8 Å². The van der Waals surface area contributed by atoms with Crippen molar-refractivity contribution in [3.8, 4) is 5.75 Å². The lowest BCUT2D eigenvalue weighted by Crippen LogP contribution is -2.39. The number of carbonyl (C=O) groups is 3. The van der Waals surface area contributed by atoms with E-state index in [1.807, 2.05) is 6.92 Å². The second-order valence-corrected chi connectivity index (χ2v) is 8.16. The molecule has 1 amide bonds. The van der Waals surface area contributed by atoms with Gasteiger partial charge in [0.25, 0.3) is 11.5 Å². The molecule has 0 fully saturated rings. The zero-order valence-corrected chi connectivity index (χ0v) is 17.7. The first-order valence-corrected chi connectivity index (χ1v) is 10.5. The molecule has 1 aliphatic heterocycles. The minimum atomic E-state index is -1.12. The van der Waals surface area contributed by atoms with Crippen molar-refractivity contribution in [1.82, 2.24) is 9.55 Å². The maximum Gasteiger partial charge on any atom is 0.346 e. The molecule has 0 radical (unpaired) electrons. The minimum Gasteiger partial charge on any atom is -0.482 e. The molecule has 1 N–H and O–H groups in total. The summed E-state index contributed by atoms with van der Waals surface area (Å²) in [6, 6.07) is 4.83. The summed E-state index contributed by atoms with van der Waals surface area (Å²) in [6.07, 6.45) is 2.00. The highest BCUT2D eigenvalue weighted by atomic mass is 32.1. The summed E-state index contributed by atoms with van der Waals surface area (Å²) >= 11 is 0.930. The third-order valence-corrected chi connectivity index (χ3v) is 6.28. The molecule has 1 aromatic carbocycles. The zero-order chi connectivity index (χ0) is 22.3. The lowest BCUT2D eigenvalue weighted by atomic mass is 10.1. The van der Waals surface area contributed by atoms with Crippen molar-refractivity contribution in [3.63, 3.8) is 0 Å². The van der Waals surface area contributed by atoms with Gasteiger partial charge in [-0.2, -0.15) is 0 Å². The third-order valence-electron chi connectivity index (χ3n) is 5.10. The predicted molar refractivity (Wildman–Crippen MR) is 114 cm³/mol. The first-order valence-electron chi connectivity index (χ1n) is 9.64. The number of amides is 1. The number of anilines is 1. The van der Waals surface area contributed by atoms with Gasteiger partial charge in [0.05, 0.1) is 23.9 Å². The van der Waals surface area contributed by atoms with Crippen LogP contribution in [0.2, 0.25) is 0 Å². The van der Waals surface area contributed by atoms with Crippen molar-refractivity contribution in [1.29, 1.82) is 0 Å². The van der Waals surface area contributed by atoms with E-state index in [0.29, 0.717) is 33.9 Å². The lowest BCUT2D eigenvalue weighted by Gasteiger charge is -2.29. The van der Waals surface area contributed by atoms with Crippen LogP contribution in [0, 0.1) is 6.92 Å². The number of aromatic nitrogens is 2. The molecule has 0 aliphatic carbocycles. The molecule has 4 rings (SSSR count). The number of carboxylic acids is 1. The number of thiophene rings is 1. The van der Waals surface area contributed by atoms with Crippen LogP contribution in [-0.4, -0.2) is 45.5 Å². The first kappa shape index (κ1) is 20.7. The van der Waals surface area contributed by atoms with Gasteiger partial charge in [-0.25, -0.2) is 9.78 Å². The number of fused-ring (bicyclic) bond motifs is 2. The Labute approximate surface area is 180 Å². The second-order valence-electron chi connectivity index (χ2n) is 7.16. The Bertz CT molecular complexity index is 1290. The van der Waals surface area contributed by atoms with Crippen molar-refractivity contribution in [2.75, 3.05) is 18.1 Å². The number of Topliss-reactive ketones (excluding diaryl/α,β-unsaturated/α-hetero) is 1. The highest BCUT2D eigenvalue weighted by molar-refractivity contribution is 7.20. The second kappa shape index (κ2) is 7.95. The average Bonchev–Trinajstić information content (AvgIpc) is 3.09. The van der Waals surface area contributed by atoms with E-state index >= 15 is 0 Å². The number of hydrogen-bond acceptors (Lipinski definition) is 7. The van der Waals surface area contributed by atoms with Gasteiger partial charge < -0.3 is 14.7 Å². The van der Waals surface area contributed by atoms with E-state index in [9.17, 15) is 24.3 Å². The molecule has 0 unspecified atom stereocenters. The molecule has 9 nitrogen and oxygen atoms in total. The SMILES string of the molecule is CCCN1C(=O)COc2ccc(C(=O)Cn3cnc4sc(C(=O)O)c(C)c4c3=O)cc21. The third kappa shape index (κ3) is 3.59. The van der Waals surface area contributed by atoms with Crippen LogP contribution >= 0.6 is 11.3 Å². The molecular formula is C21H19N3O6S. The first-order chi connectivity index (χ1) is 14.8. The molecule has 0 saturated carbocycles. The molecule has 0 saturated heterocycles. The Balaban J connectivity index is 1.68. The van der Waals surface area contributed by atoms with Crippen molar-refractivity contribution in [3.05, 3.63) is 50.9 Å². The predicted octanol–water partition coefficient (Wildman–Crippen LogP) is 2.48. The van der Waals surface area contributed by atoms with Gasteiger partial charge in [-0.15, -0.1) is 11.3 Å². The van der Waals surface area contributed by atoms with Gasteiger partial charge in [-0.1, -0.05) is 6.92 Å². The smallest absolute Gasteiger partial charge is 0.346 e. The molecule has 3 heterocycles. The number of carboxylic acid groups (broad SMARTS) is 1. The van der Waals surface area contributed by atoms with E-state index in [-0.39, 0.29) is 35.1 Å². The van der Waals surface area contributed by atoms with Crippen LogP contribution in [0.25, 0.3) is 10.2 Å². The fourth-order valence-electron chi connectivity index (χ4n) is 3.57. The standard InChI is InChI=1S/C21H19N3O6S/c1-3-6-24-13-7-12(4-5-15(13)30-9-16(24)26)14(25)8-23-10-22-19-17(20(23)27)11(2)18(31-19)21(28)29/h4-5,7,10H,3,6,8-9H2,1-2H3,(H,28,29). The van der Waals surface area contributed by atoms with Crippen LogP contribution in [0.1, 0.15) is 38.9 Å². The van der Waals surface area contributed by atoms with Crippen molar-refractivity contribution < 1.29 is 24.2 Å². The van der Waals surface area contributed by atoms with E-state index in [4.69, 9.17) is 4.74 Å². The molecule has 3 aromatic rings. The molecule has 0 spiro atoms. The maximum atomic E-state index is 12.9. The molecule has 160 valence electrons. The fraction of sp³-hybridized carbons (Fsp3) is 0.286. The monoisotopic (exact) mass is 441 g/mol. The molecule has 0 atom stereocenters. The number of aryl methyl sites for hydroxylation is 1. The minimum absolute atomic E-state index is 0.0420. The molecule has 2 aromatic heterocycles. The Morgan fingerprint density at radius 1 is 1.29 bits per heavy atom. The molecule has 0 bridgehead atoms. The number of benzene rings is 1. The Hall–Kier alpha value is -3.53. The van der Waals surface area contributed by atoms with E-state index in [2.05, 4.69) is 4.98 Å². The van der Waals surface area contributed by atoms with Crippen LogP contribution < -0.4 is 15.2 Å². The number of ether oxygens (including phenoxy) is 1. The van der Waals surface area contributed by atoms with Crippen molar-refractivity contribution in [2.24, 2.45) is 0 Å². The number of carbonyl (C=O) groups excluding carboxylic acids is 2. The van der Waals surface area contributed by atoms with Gasteiger partial charge in [0.1, 0.15) is 15.5 Å². The van der Waals surface area contributed by atoms with Crippen LogP contribution in [0.4, 0.5) is 5.69 Å². The van der Waals surface area contributed by atoms with Crippen LogP contribution in [0.3, 0.4) is 0 Å². The van der Waals surface area contributed by atoms with Crippen LogP contribution in [0.5, 0.6) is 5.75 Å². The van der Waals surface area contributed by atoms with Gasteiger partial charge in [-0.3, -0.25) is 19.0 Å². The average molecular weight is 441 g/mol. The Kier molecular flexibility index (Phi) is 5.32. The Morgan fingerprint density at radius 2 is 2.06 bits per heavy atom. The van der Waals surface area contributed by atoms with Gasteiger partial charge in [0, 0.05) is 12.1 Å². The van der Waals surface area contributed by atoms with Gasteiger partial charge in [0.15, 0.2) is 12.4 Å². The summed E-state index contributed by atoms with van der Waals surface area (Å²) in [7, 11) is 0. The summed E-state index contributed by atoms with van der Waals surface area (Å²) in [5, 5.41) is 9.48. The lowest BCUT2D eigenvalue weighted by molar-refractivity contribution is -0.121. The highest BCUT2D eigenvalue weighted by Crippen LogP contribution is 2.33. The summed E-state index contributed by atoms with van der Waals surface area (Å²) in [6.45, 7) is 3.71. The van der Waals surface area contributed by atoms with Crippen molar-refractivity contribution in [2.45, 2.75) is 26.8 Å². The van der Waals surface area contributed by atoms with Gasteiger partial charge >= 0.3 is 5.97 Å².